The summed E-state index contributed by atoms with van der Waals surface area (Å²) in [5, 5.41) is 0. The molecule has 39 heavy (non-hydrogen) atoms. The van der Waals surface area contributed by atoms with Gasteiger partial charge < -0.3 is 9.47 Å². The van der Waals surface area contributed by atoms with Crippen LogP contribution in [0.2, 0.25) is 0 Å². The quantitative estimate of drug-likeness (QED) is 0.342. The van der Waals surface area contributed by atoms with Gasteiger partial charge in [0.1, 0.15) is 22.1 Å². The van der Waals surface area contributed by atoms with Crippen LogP contribution in [0.5, 0.6) is 11.5 Å². The van der Waals surface area contributed by atoms with Crippen LogP contribution < -0.4 is 10.2 Å². The molecule has 0 radical (unpaired) electrons. The van der Waals surface area contributed by atoms with Crippen molar-refractivity contribution in [2.45, 2.75) is 56.0 Å². The minimum absolute atomic E-state index is 0.0333. The molecule has 5 rings (SSSR count). The van der Waals surface area contributed by atoms with Crippen molar-refractivity contribution in [3.05, 3.63) is 84.2 Å². The van der Waals surface area contributed by atoms with Gasteiger partial charge in [0, 0.05) is 13.0 Å². The van der Waals surface area contributed by atoms with Crippen LogP contribution >= 0.6 is 0 Å². The summed E-state index contributed by atoms with van der Waals surface area (Å²) in [6, 6.07) is 20.6. The summed E-state index contributed by atoms with van der Waals surface area (Å²) in [5.74, 6) is 0.407. The van der Waals surface area contributed by atoms with Crippen molar-refractivity contribution < 1.29 is 31.9 Å². The zero-order valence-electron chi connectivity index (χ0n) is 21.6. The Labute approximate surface area is 228 Å². The summed E-state index contributed by atoms with van der Waals surface area (Å²) in [5.41, 5.74) is 4.81. The second kappa shape index (κ2) is 11.9. The maximum absolute atomic E-state index is 13.4. The third-order valence-electron chi connectivity index (χ3n) is 7.38. The standard InChI is InChI=1S/C30H32FNO6S/c31-25-12-6-22(7-13-25)23-8-14-26(15-9-23)37-27-16-10-24(11-17-27)30(18-2-4-20-39(30,34)35)21-28(33)32-38-29-5-1-3-19-36-29/h6-17,29H,1-5,18-21H2,(H,32,33). The van der Waals surface area contributed by atoms with Crippen molar-refractivity contribution in [2.75, 3.05) is 12.4 Å². The lowest BCUT2D eigenvalue weighted by Crippen LogP contribution is -2.45. The summed E-state index contributed by atoms with van der Waals surface area (Å²) in [7, 11) is -3.59. The molecule has 1 N–H and O–H groups in total. The second-order valence-electron chi connectivity index (χ2n) is 10.0. The molecular weight excluding hydrogens is 521 g/mol. The van der Waals surface area contributed by atoms with E-state index in [0.29, 0.717) is 49.4 Å². The smallest absolute Gasteiger partial charge is 0.245 e. The van der Waals surface area contributed by atoms with Gasteiger partial charge in [0.05, 0.1) is 12.2 Å². The predicted molar refractivity (Wildman–Crippen MR) is 145 cm³/mol. The molecule has 3 aromatic rings. The first-order valence-corrected chi connectivity index (χ1v) is 14.9. The van der Waals surface area contributed by atoms with Gasteiger partial charge in [-0.25, -0.2) is 23.1 Å². The zero-order valence-corrected chi connectivity index (χ0v) is 22.4. The minimum Gasteiger partial charge on any atom is -0.457 e. The van der Waals surface area contributed by atoms with Crippen LogP contribution in [0.1, 0.15) is 50.5 Å². The molecule has 2 atom stereocenters. The molecule has 0 bridgehead atoms. The van der Waals surface area contributed by atoms with Gasteiger partial charge >= 0.3 is 0 Å². The molecule has 3 aromatic carbocycles. The lowest BCUT2D eigenvalue weighted by molar-refractivity contribution is -0.200. The highest BCUT2D eigenvalue weighted by atomic mass is 32.2. The van der Waals surface area contributed by atoms with Gasteiger partial charge in [-0.15, -0.1) is 0 Å². The van der Waals surface area contributed by atoms with E-state index in [1.165, 1.54) is 12.1 Å². The van der Waals surface area contributed by atoms with Crippen LogP contribution in [0.25, 0.3) is 11.1 Å². The SMILES string of the molecule is O=C(CC1(c2ccc(Oc3ccc(-c4ccc(F)cc4)cc3)cc2)CCCCS1(=O)=O)NOC1CCCCO1. The number of hydrogen-bond donors (Lipinski definition) is 1. The summed E-state index contributed by atoms with van der Waals surface area (Å²) < 4.78 is 50.1. The first kappa shape index (κ1) is 27.3. The molecule has 2 saturated heterocycles. The molecule has 2 fully saturated rings. The van der Waals surface area contributed by atoms with Crippen molar-refractivity contribution in [1.82, 2.24) is 5.48 Å². The lowest BCUT2D eigenvalue weighted by Gasteiger charge is -2.37. The number of amides is 1. The molecule has 0 saturated carbocycles. The number of carbonyl (C=O) groups excluding carboxylic acids is 1. The lowest BCUT2D eigenvalue weighted by atomic mass is 9.88. The van der Waals surface area contributed by atoms with Crippen LogP contribution in [0, 0.1) is 5.82 Å². The number of hydrogen-bond acceptors (Lipinski definition) is 6. The number of carbonyl (C=O) groups is 1. The molecule has 2 unspecified atom stereocenters. The van der Waals surface area contributed by atoms with Crippen LogP contribution in [0.3, 0.4) is 0 Å². The van der Waals surface area contributed by atoms with E-state index in [0.717, 1.165) is 24.0 Å². The summed E-state index contributed by atoms with van der Waals surface area (Å²) in [6.07, 6.45) is 3.48. The van der Waals surface area contributed by atoms with Gasteiger partial charge in [-0.05, 0) is 78.8 Å². The van der Waals surface area contributed by atoms with Crippen molar-refractivity contribution in [3.8, 4) is 22.6 Å². The monoisotopic (exact) mass is 553 g/mol. The molecule has 206 valence electrons. The highest BCUT2D eigenvalue weighted by Gasteiger charge is 2.48. The number of halogens is 1. The first-order valence-electron chi connectivity index (χ1n) is 13.3. The van der Waals surface area contributed by atoms with Crippen molar-refractivity contribution >= 4 is 15.7 Å². The average Bonchev–Trinajstić information content (AvgIpc) is 2.95. The molecule has 0 spiro atoms. The third-order valence-corrected chi connectivity index (χ3v) is 9.98. The van der Waals surface area contributed by atoms with Crippen LogP contribution in [-0.2, 0) is 29.0 Å². The Hall–Kier alpha value is -3.27. The van der Waals surface area contributed by atoms with E-state index in [1.807, 2.05) is 24.3 Å². The van der Waals surface area contributed by atoms with Crippen molar-refractivity contribution in [1.29, 1.82) is 0 Å². The van der Waals surface area contributed by atoms with Gasteiger partial charge in [0.2, 0.25) is 5.91 Å². The van der Waals surface area contributed by atoms with Gasteiger partial charge in [-0.1, -0.05) is 42.8 Å². The fourth-order valence-electron chi connectivity index (χ4n) is 5.23. The predicted octanol–water partition coefficient (Wildman–Crippen LogP) is 6.04. The maximum Gasteiger partial charge on any atom is 0.245 e. The summed E-state index contributed by atoms with van der Waals surface area (Å²) in [6.45, 7) is 0.575. The number of hydroxylamine groups is 1. The van der Waals surface area contributed by atoms with Gasteiger partial charge in [0.15, 0.2) is 16.1 Å². The number of nitrogens with one attached hydrogen (secondary N) is 1. The Bertz CT molecular complexity index is 1370. The topological polar surface area (TPSA) is 90.9 Å². The molecule has 1 amide bonds. The molecular formula is C30H32FNO6S. The Morgan fingerprint density at radius 3 is 2.15 bits per heavy atom. The first-order chi connectivity index (χ1) is 18.8. The largest absolute Gasteiger partial charge is 0.457 e. The number of sulfone groups is 1. The van der Waals surface area contributed by atoms with Gasteiger partial charge in [0.25, 0.3) is 0 Å². The average molecular weight is 554 g/mol. The Morgan fingerprint density at radius 1 is 0.897 bits per heavy atom. The van der Waals surface area contributed by atoms with E-state index in [9.17, 15) is 17.6 Å². The highest BCUT2D eigenvalue weighted by Crippen LogP contribution is 2.44. The molecule has 2 aliphatic rings. The molecule has 7 nitrogen and oxygen atoms in total. The molecule has 2 aliphatic heterocycles. The van der Waals surface area contributed by atoms with E-state index in [-0.39, 0.29) is 18.0 Å². The number of benzene rings is 3. The summed E-state index contributed by atoms with van der Waals surface area (Å²) in [4.78, 5) is 18.3. The van der Waals surface area contributed by atoms with Gasteiger partial charge in [-0.3, -0.25) is 4.79 Å². The zero-order chi connectivity index (χ0) is 27.3. The molecule has 2 heterocycles. The van der Waals surface area contributed by atoms with E-state index >= 15 is 0 Å². The third kappa shape index (κ3) is 6.32. The van der Waals surface area contributed by atoms with Crippen LogP contribution in [0.15, 0.2) is 72.8 Å². The highest BCUT2D eigenvalue weighted by molar-refractivity contribution is 7.92. The van der Waals surface area contributed by atoms with Crippen LogP contribution in [0.4, 0.5) is 4.39 Å². The van der Waals surface area contributed by atoms with Crippen LogP contribution in [-0.4, -0.2) is 33.0 Å². The van der Waals surface area contributed by atoms with Crippen molar-refractivity contribution in [3.63, 3.8) is 0 Å². The Balaban J connectivity index is 1.29. The minimum atomic E-state index is -3.59. The fourth-order valence-corrected chi connectivity index (χ4v) is 7.51. The Morgan fingerprint density at radius 2 is 1.54 bits per heavy atom. The Kier molecular flexibility index (Phi) is 8.30. The normalized spacial score (nSPS) is 22.6. The molecule has 9 heteroatoms. The summed E-state index contributed by atoms with van der Waals surface area (Å²) >= 11 is 0. The molecule has 0 aromatic heterocycles. The van der Waals surface area contributed by atoms with E-state index in [1.54, 1.807) is 36.4 Å². The number of ether oxygens (including phenoxy) is 2. The number of rotatable bonds is 8. The van der Waals surface area contributed by atoms with E-state index < -0.39 is 26.8 Å². The van der Waals surface area contributed by atoms with E-state index in [4.69, 9.17) is 14.3 Å². The maximum atomic E-state index is 13.4. The van der Waals surface area contributed by atoms with Crippen molar-refractivity contribution in [2.24, 2.45) is 0 Å². The second-order valence-corrected chi connectivity index (χ2v) is 12.5. The fraction of sp³-hybridized carbons (Fsp3) is 0.367. The molecule has 0 aliphatic carbocycles. The van der Waals surface area contributed by atoms with E-state index in [2.05, 4.69) is 5.48 Å². The van der Waals surface area contributed by atoms with Gasteiger partial charge in [-0.2, -0.15) is 0 Å².